The van der Waals surface area contributed by atoms with Crippen LogP contribution in [0.4, 0.5) is 0 Å². The third-order valence-corrected chi connectivity index (χ3v) is 5.00. The van der Waals surface area contributed by atoms with E-state index in [1.165, 1.54) is 12.1 Å². The van der Waals surface area contributed by atoms with E-state index in [1.54, 1.807) is 19.1 Å². The monoisotopic (exact) mass is 324 g/mol. The van der Waals surface area contributed by atoms with Crippen molar-refractivity contribution in [2.24, 2.45) is 0 Å². The number of benzene rings is 1. The molecule has 0 aliphatic carbocycles. The van der Waals surface area contributed by atoms with Crippen molar-refractivity contribution in [3.8, 4) is 0 Å². The van der Waals surface area contributed by atoms with E-state index in [-0.39, 0.29) is 17.5 Å². The highest BCUT2D eigenvalue weighted by molar-refractivity contribution is 7.89. The van der Waals surface area contributed by atoms with Crippen molar-refractivity contribution >= 4 is 22.1 Å². The number of aliphatic carboxylic acids is 1. The number of carbonyl (C=O) groups is 1. The molecule has 2 rings (SSSR count). The van der Waals surface area contributed by atoms with Gasteiger partial charge in [-0.3, -0.25) is 0 Å². The summed E-state index contributed by atoms with van der Waals surface area (Å²) in [6.07, 6.45) is 3.86. The van der Waals surface area contributed by atoms with Crippen molar-refractivity contribution in [2.75, 3.05) is 13.2 Å². The van der Waals surface area contributed by atoms with Crippen LogP contribution in [-0.2, 0) is 19.6 Å². The van der Waals surface area contributed by atoms with Gasteiger partial charge in [0.1, 0.15) is 0 Å². The molecule has 0 bridgehead atoms. The summed E-state index contributed by atoms with van der Waals surface area (Å²) in [6.45, 7) is 2.59. The summed E-state index contributed by atoms with van der Waals surface area (Å²) < 4.78 is 32.7. The maximum atomic E-state index is 12.4. The van der Waals surface area contributed by atoms with Crippen LogP contribution in [-0.4, -0.2) is 33.6 Å². The minimum atomic E-state index is -3.67. The second kappa shape index (κ2) is 7.04. The van der Waals surface area contributed by atoms with Crippen molar-refractivity contribution in [3.63, 3.8) is 0 Å². The molecule has 7 heteroatoms. The molecule has 0 saturated carbocycles. The maximum absolute atomic E-state index is 12.4. The van der Waals surface area contributed by atoms with Crippen molar-refractivity contribution in [1.82, 2.24) is 4.72 Å². The number of carbonyl (C=O) groups excluding carboxylic acids is 1. The largest absolute Gasteiger partial charge is 0.545 e. The van der Waals surface area contributed by atoms with Crippen LogP contribution in [0.25, 0.3) is 6.08 Å². The van der Waals surface area contributed by atoms with E-state index < -0.39 is 16.0 Å². The van der Waals surface area contributed by atoms with Gasteiger partial charge in [-0.2, -0.15) is 0 Å². The predicted octanol–water partition coefficient (Wildman–Crippen LogP) is 0.215. The Hall–Kier alpha value is -1.70. The summed E-state index contributed by atoms with van der Waals surface area (Å²) in [5, 5.41) is 10.4. The summed E-state index contributed by atoms with van der Waals surface area (Å²) in [5.41, 5.74) is 1.07. The molecule has 0 unspecified atom stereocenters. The van der Waals surface area contributed by atoms with E-state index in [4.69, 9.17) is 4.74 Å². The third kappa shape index (κ3) is 4.40. The minimum Gasteiger partial charge on any atom is -0.545 e. The highest BCUT2D eigenvalue weighted by Gasteiger charge is 2.21. The first-order valence-corrected chi connectivity index (χ1v) is 8.48. The molecule has 1 aromatic rings. The fourth-order valence-electron chi connectivity index (χ4n) is 2.26. The Morgan fingerprint density at radius 1 is 1.50 bits per heavy atom. The summed E-state index contributed by atoms with van der Waals surface area (Å²) in [7, 11) is -3.67. The van der Waals surface area contributed by atoms with Crippen LogP contribution in [0.1, 0.15) is 24.0 Å². The lowest BCUT2D eigenvalue weighted by Gasteiger charge is -2.13. The lowest BCUT2D eigenvalue weighted by Crippen LogP contribution is -2.32. The summed E-state index contributed by atoms with van der Waals surface area (Å²) in [5.74, 6) is -1.33. The van der Waals surface area contributed by atoms with E-state index in [0.29, 0.717) is 17.7 Å². The molecule has 1 aliphatic heterocycles. The first kappa shape index (κ1) is 16.7. The number of carboxylic acids is 1. The Kier molecular flexibility index (Phi) is 5.33. The second-order valence-corrected chi connectivity index (χ2v) is 6.90. The Labute approximate surface area is 129 Å². The van der Waals surface area contributed by atoms with Crippen molar-refractivity contribution in [2.45, 2.75) is 30.8 Å². The Morgan fingerprint density at radius 3 is 2.91 bits per heavy atom. The highest BCUT2D eigenvalue weighted by Crippen LogP contribution is 2.19. The zero-order chi connectivity index (χ0) is 16.2. The van der Waals surface area contributed by atoms with Gasteiger partial charge < -0.3 is 14.6 Å². The number of aryl methyl sites for hydroxylation is 1. The van der Waals surface area contributed by atoms with Gasteiger partial charge in [-0.25, -0.2) is 13.1 Å². The summed E-state index contributed by atoms with van der Waals surface area (Å²) in [6, 6.07) is 4.72. The standard InChI is InChI=1S/C15H19NO5S/c1-11-4-5-12(6-7-15(17)18)9-14(11)22(19,20)16-10-13-3-2-8-21-13/h4-7,9,13,16H,2-3,8,10H2,1H3,(H,17,18)/p-1/b7-6+/t13-/m1/s1. The fraction of sp³-hybridized carbons (Fsp3) is 0.400. The molecule has 1 heterocycles. The van der Waals surface area contributed by atoms with Crippen molar-refractivity contribution < 1.29 is 23.1 Å². The lowest BCUT2D eigenvalue weighted by molar-refractivity contribution is -0.297. The van der Waals surface area contributed by atoms with E-state index in [1.807, 2.05) is 0 Å². The molecule has 0 aromatic heterocycles. The summed E-state index contributed by atoms with van der Waals surface area (Å²) >= 11 is 0. The van der Waals surface area contributed by atoms with Gasteiger partial charge in [0.25, 0.3) is 0 Å². The first-order chi connectivity index (χ1) is 10.4. The van der Waals surface area contributed by atoms with Crippen LogP contribution in [0.15, 0.2) is 29.2 Å². The molecule has 0 spiro atoms. The van der Waals surface area contributed by atoms with Crippen molar-refractivity contribution in [1.29, 1.82) is 0 Å². The van der Waals surface area contributed by atoms with Gasteiger partial charge in [0.05, 0.1) is 17.0 Å². The average molecular weight is 324 g/mol. The molecule has 22 heavy (non-hydrogen) atoms. The fourth-order valence-corrected chi connectivity index (χ4v) is 3.60. The van der Waals surface area contributed by atoms with Crippen LogP contribution in [0.2, 0.25) is 0 Å². The zero-order valence-corrected chi connectivity index (χ0v) is 13.1. The molecule has 1 N–H and O–H groups in total. The molecular formula is C15H18NO5S-. The molecule has 0 amide bonds. The molecule has 120 valence electrons. The third-order valence-electron chi connectivity index (χ3n) is 3.44. The average Bonchev–Trinajstić information content (AvgIpc) is 2.97. The maximum Gasteiger partial charge on any atom is 0.240 e. The first-order valence-electron chi connectivity index (χ1n) is 6.99. The Bertz CT molecular complexity index is 675. The zero-order valence-electron chi connectivity index (χ0n) is 12.2. The number of nitrogens with one attached hydrogen (secondary N) is 1. The summed E-state index contributed by atoms with van der Waals surface area (Å²) in [4.78, 5) is 10.6. The quantitative estimate of drug-likeness (QED) is 0.755. The number of ether oxygens (including phenoxy) is 1. The van der Waals surface area contributed by atoms with Crippen LogP contribution in [0.5, 0.6) is 0 Å². The van der Waals surface area contributed by atoms with Gasteiger partial charge in [0.15, 0.2) is 0 Å². The van der Waals surface area contributed by atoms with Crippen molar-refractivity contribution in [3.05, 3.63) is 35.4 Å². The highest BCUT2D eigenvalue weighted by atomic mass is 32.2. The van der Waals surface area contributed by atoms with E-state index in [0.717, 1.165) is 18.9 Å². The topological polar surface area (TPSA) is 95.5 Å². The molecule has 6 nitrogen and oxygen atoms in total. The normalized spacial score (nSPS) is 18.9. The lowest BCUT2D eigenvalue weighted by atomic mass is 10.1. The number of hydrogen-bond acceptors (Lipinski definition) is 5. The molecule has 1 atom stereocenters. The van der Waals surface area contributed by atoms with Gasteiger partial charge in [-0.15, -0.1) is 0 Å². The van der Waals surface area contributed by atoms with E-state index >= 15 is 0 Å². The van der Waals surface area contributed by atoms with E-state index in [2.05, 4.69) is 4.72 Å². The number of carboxylic acid groups (broad SMARTS) is 1. The molecule has 1 aromatic carbocycles. The molecular weight excluding hydrogens is 306 g/mol. The second-order valence-electron chi connectivity index (χ2n) is 5.16. The predicted molar refractivity (Wildman–Crippen MR) is 79.4 cm³/mol. The Balaban J connectivity index is 2.17. The van der Waals surface area contributed by atoms with Gasteiger partial charge in [-0.1, -0.05) is 18.2 Å². The van der Waals surface area contributed by atoms with Gasteiger partial charge in [0, 0.05) is 13.2 Å². The Morgan fingerprint density at radius 2 is 2.27 bits per heavy atom. The van der Waals surface area contributed by atoms with Gasteiger partial charge in [-0.05, 0) is 43.0 Å². The molecule has 1 fully saturated rings. The number of sulfonamides is 1. The molecule has 1 saturated heterocycles. The molecule has 1 aliphatic rings. The van der Waals surface area contributed by atoms with E-state index in [9.17, 15) is 18.3 Å². The van der Waals surface area contributed by atoms with Gasteiger partial charge >= 0.3 is 0 Å². The number of rotatable bonds is 6. The minimum absolute atomic E-state index is 0.0868. The molecule has 0 radical (unpaired) electrons. The number of hydrogen-bond donors (Lipinski definition) is 1. The van der Waals surface area contributed by atoms with Gasteiger partial charge in [0.2, 0.25) is 10.0 Å². The van der Waals surface area contributed by atoms with Crippen LogP contribution in [0.3, 0.4) is 0 Å². The van der Waals surface area contributed by atoms with Crippen LogP contribution >= 0.6 is 0 Å². The van der Waals surface area contributed by atoms with Crippen LogP contribution in [0, 0.1) is 6.92 Å². The smallest absolute Gasteiger partial charge is 0.240 e. The van der Waals surface area contributed by atoms with Crippen LogP contribution < -0.4 is 9.83 Å². The SMILES string of the molecule is Cc1ccc(/C=C/C(=O)[O-])cc1S(=O)(=O)NC[C@H]1CCCO1.